The minimum atomic E-state index is 0.493. The van der Waals surface area contributed by atoms with E-state index in [1.54, 1.807) is 0 Å². The third kappa shape index (κ3) is 2.47. The maximum atomic E-state index is 5.34. The number of aromatic nitrogens is 2. The molecule has 0 aliphatic carbocycles. The van der Waals surface area contributed by atoms with Crippen LogP contribution < -0.4 is 5.32 Å². The number of ether oxygens (including phenoxy) is 1. The Bertz CT molecular complexity index is 358. The Labute approximate surface area is 104 Å². The van der Waals surface area contributed by atoms with E-state index in [0.717, 1.165) is 42.9 Å². The van der Waals surface area contributed by atoms with E-state index in [2.05, 4.69) is 33.3 Å². The zero-order valence-electron chi connectivity index (χ0n) is 9.79. The van der Waals surface area contributed by atoms with Crippen LogP contribution in [0.1, 0.15) is 24.7 Å². The van der Waals surface area contributed by atoms with Crippen molar-refractivity contribution in [3.8, 4) is 0 Å². The molecular weight excluding hydrogens is 270 g/mol. The van der Waals surface area contributed by atoms with Gasteiger partial charge in [0.05, 0.1) is 22.5 Å². The highest BCUT2D eigenvalue weighted by molar-refractivity contribution is 9.10. The number of rotatable bonds is 4. The topological polar surface area (TPSA) is 39.1 Å². The molecule has 0 amide bonds. The third-order valence-corrected chi connectivity index (χ3v) is 3.97. The molecule has 1 atom stereocenters. The second-order valence-corrected chi connectivity index (χ2v) is 4.90. The Morgan fingerprint density at radius 2 is 2.44 bits per heavy atom. The zero-order valence-corrected chi connectivity index (χ0v) is 11.4. The number of nitrogens with zero attached hydrogens (tertiary/aromatic N) is 2. The molecule has 1 aliphatic rings. The standard InChI is InChI=1S/C11H18BrN3O/c1-3-15-10(11(12)8(2)14-15)6-13-9-4-5-16-7-9/h9,13H,3-7H2,1-2H3. The van der Waals surface area contributed by atoms with Gasteiger partial charge in [-0.15, -0.1) is 0 Å². The molecule has 90 valence electrons. The van der Waals surface area contributed by atoms with Crippen LogP contribution in [0.25, 0.3) is 0 Å². The Morgan fingerprint density at radius 1 is 1.62 bits per heavy atom. The molecule has 0 aromatic carbocycles. The van der Waals surface area contributed by atoms with Gasteiger partial charge in [0.1, 0.15) is 0 Å². The molecule has 0 radical (unpaired) electrons. The lowest BCUT2D eigenvalue weighted by Crippen LogP contribution is -2.29. The van der Waals surface area contributed by atoms with E-state index in [4.69, 9.17) is 4.74 Å². The normalized spacial score (nSPS) is 20.6. The van der Waals surface area contributed by atoms with E-state index in [1.165, 1.54) is 5.69 Å². The van der Waals surface area contributed by atoms with Crippen molar-refractivity contribution in [1.29, 1.82) is 0 Å². The first kappa shape index (κ1) is 12.1. The summed E-state index contributed by atoms with van der Waals surface area (Å²) in [7, 11) is 0. The number of hydrogen-bond donors (Lipinski definition) is 1. The summed E-state index contributed by atoms with van der Waals surface area (Å²) in [5, 5.41) is 7.98. The van der Waals surface area contributed by atoms with Gasteiger partial charge in [-0.25, -0.2) is 0 Å². The molecular formula is C11H18BrN3O. The molecule has 0 spiro atoms. The van der Waals surface area contributed by atoms with Crippen LogP contribution >= 0.6 is 15.9 Å². The quantitative estimate of drug-likeness (QED) is 0.919. The lowest BCUT2D eigenvalue weighted by Gasteiger charge is -2.11. The molecule has 1 aliphatic heterocycles. The largest absolute Gasteiger partial charge is 0.380 e. The molecule has 1 saturated heterocycles. The van der Waals surface area contributed by atoms with Gasteiger partial charge in [0, 0.05) is 25.7 Å². The molecule has 1 unspecified atom stereocenters. The van der Waals surface area contributed by atoms with Crippen molar-refractivity contribution in [1.82, 2.24) is 15.1 Å². The maximum absolute atomic E-state index is 5.34. The first-order valence-corrected chi connectivity index (χ1v) is 6.54. The summed E-state index contributed by atoms with van der Waals surface area (Å²) >= 11 is 3.60. The highest BCUT2D eigenvalue weighted by Crippen LogP contribution is 2.21. The first-order valence-electron chi connectivity index (χ1n) is 5.75. The lowest BCUT2D eigenvalue weighted by atomic mass is 10.2. The average Bonchev–Trinajstić information content (AvgIpc) is 2.87. The second-order valence-electron chi connectivity index (χ2n) is 4.10. The molecule has 5 heteroatoms. The van der Waals surface area contributed by atoms with E-state index in [-0.39, 0.29) is 0 Å². The minimum absolute atomic E-state index is 0.493. The van der Waals surface area contributed by atoms with Gasteiger partial charge in [0.2, 0.25) is 0 Å². The van der Waals surface area contributed by atoms with E-state index < -0.39 is 0 Å². The van der Waals surface area contributed by atoms with Gasteiger partial charge < -0.3 is 10.1 Å². The highest BCUT2D eigenvalue weighted by atomic mass is 79.9. The first-order chi connectivity index (χ1) is 7.72. The van der Waals surface area contributed by atoms with Crippen molar-refractivity contribution in [3.63, 3.8) is 0 Å². The van der Waals surface area contributed by atoms with E-state index in [0.29, 0.717) is 6.04 Å². The fourth-order valence-corrected chi connectivity index (χ4v) is 2.40. The van der Waals surface area contributed by atoms with Gasteiger partial charge >= 0.3 is 0 Å². The predicted molar refractivity (Wildman–Crippen MR) is 66.4 cm³/mol. The van der Waals surface area contributed by atoms with Crippen molar-refractivity contribution in [2.75, 3.05) is 13.2 Å². The minimum Gasteiger partial charge on any atom is -0.380 e. The van der Waals surface area contributed by atoms with Gasteiger partial charge in [-0.05, 0) is 36.2 Å². The maximum Gasteiger partial charge on any atom is 0.0739 e. The molecule has 1 fully saturated rings. The molecule has 1 aromatic heterocycles. The van der Waals surface area contributed by atoms with E-state index in [9.17, 15) is 0 Å². The highest BCUT2D eigenvalue weighted by Gasteiger charge is 2.17. The van der Waals surface area contributed by atoms with Gasteiger partial charge in [0.25, 0.3) is 0 Å². The second kappa shape index (κ2) is 5.29. The van der Waals surface area contributed by atoms with Gasteiger partial charge in [-0.1, -0.05) is 0 Å². The summed E-state index contributed by atoms with van der Waals surface area (Å²) in [5.74, 6) is 0. The van der Waals surface area contributed by atoms with Crippen LogP contribution in [0.3, 0.4) is 0 Å². The van der Waals surface area contributed by atoms with Crippen LogP contribution in [0.2, 0.25) is 0 Å². The van der Waals surface area contributed by atoms with Crippen LogP contribution in [0.5, 0.6) is 0 Å². The number of aryl methyl sites for hydroxylation is 2. The summed E-state index contributed by atoms with van der Waals surface area (Å²) in [4.78, 5) is 0. The van der Waals surface area contributed by atoms with Crippen molar-refractivity contribution >= 4 is 15.9 Å². The molecule has 1 N–H and O–H groups in total. The van der Waals surface area contributed by atoms with E-state index in [1.807, 2.05) is 11.6 Å². The SMILES string of the molecule is CCn1nc(C)c(Br)c1CNC1CCOC1. The van der Waals surface area contributed by atoms with Gasteiger partial charge in [0.15, 0.2) is 0 Å². The monoisotopic (exact) mass is 287 g/mol. The van der Waals surface area contributed by atoms with Crippen LogP contribution in [0.4, 0.5) is 0 Å². The summed E-state index contributed by atoms with van der Waals surface area (Å²) in [6.07, 6.45) is 1.11. The van der Waals surface area contributed by atoms with Gasteiger partial charge in [-0.3, -0.25) is 4.68 Å². The molecule has 16 heavy (non-hydrogen) atoms. The fourth-order valence-electron chi connectivity index (χ4n) is 1.97. The van der Waals surface area contributed by atoms with Crippen LogP contribution in [-0.2, 0) is 17.8 Å². The number of nitrogens with one attached hydrogen (secondary N) is 1. The molecule has 0 saturated carbocycles. The third-order valence-electron chi connectivity index (χ3n) is 2.94. The molecule has 2 rings (SSSR count). The Kier molecular flexibility index (Phi) is 4.00. The van der Waals surface area contributed by atoms with Crippen molar-refractivity contribution in [2.45, 2.75) is 39.4 Å². The summed E-state index contributed by atoms with van der Waals surface area (Å²) in [6.45, 7) is 7.61. The molecule has 4 nitrogen and oxygen atoms in total. The summed E-state index contributed by atoms with van der Waals surface area (Å²) in [5.41, 5.74) is 2.29. The molecule has 0 bridgehead atoms. The van der Waals surface area contributed by atoms with Gasteiger partial charge in [-0.2, -0.15) is 5.10 Å². The molecule has 1 aromatic rings. The van der Waals surface area contributed by atoms with Crippen molar-refractivity contribution < 1.29 is 4.74 Å². The van der Waals surface area contributed by atoms with Crippen LogP contribution in [0.15, 0.2) is 4.47 Å². The summed E-state index contributed by atoms with van der Waals surface area (Å²) in [6, 6.07) is 0.493. The van der Waals surface area contributed by atoms with Crippen LogP contribution in [-0.4, -0.2) is 29.0 Å². The Balaban J connectivity index is 2.01. The fraction of sp³-hybridized carbons (Fsp3) is 0.727. The van der Waals surface area contributed by atoms with E-state index >= 15 is 0 Å². The Morgan fingerprint density at radius 3 is 3.06 bits per heavy atom. The van der Waals surface area contributed by atoms with Crippen LogP contribution in [0, 0.1) is 6.92 Å². The average molecular weight is 288 g/mol. The summed E-state index contributed by atoms with van der Waals surface area (Å²) < 4.78 is 8.51. The number of hydrogen-bond acceptors (Lipinski definition) is 3. The number of halogens is 1. The Hall–Kier alpha value is -0.390. The van der Waals surface area contributed by atoms with Crippen molar-refractivity contribution in [3.05, 3.63) is 15.9 Å². The molecule has 2 heterocycles. The zero-order chi connectivity index (χ0) is 11.5. The van der Waals surface area contributed by atoms with Crippen molar-refractivity contribution in [2.24, 2.45) is 0 Å². The smallest absolute Gasteiger partial charge is 0.0739 e. The predicted octanol–water partition coefficient (Wildman–Crippen LogP) is 1.85. The lowest BCUT2D eigenvalue weighted by molar-refractivity contribution is 0.189.